The standard InChI is InChI=1S/C15H21BrFN/c1-2-11-3-6-13(7-4-11)18-10-12-5-8-15(17)14(16)9-12/h5,8-9,11,13,18H,2-4,6-7,10H2,1H3. The molecule has 0 bridgehead atoms. The van der Waals surface area contributed by atoms with Crippen LogP contribution in [0.2, 0.25) is 0 Å². The van der Waals surface area contributed by atoms with Gasteiger partial charge < -0.3 is 5.32 Å². The highest BCUT2D eigenvalue weighted by molar-refractivity contribution is 9.10. The highest BCUT2D eigenvalue weighted by atomic mass is 79.9. The fourth-order valence-electron chi connectivity index (χ4n) is 2.69. The number of halogens is 2. The van der Waals surface area contributed by atoms with E-state index in [0.29, 0.717) is 10.5 Å². The van der Waals surface area contributed by atoms with Crippen LogP contribution in [0.1, 0.15) is 44.6 Å². The molecule has 1 nitrogen and oxygen atoms in total. The lowest BCUT2D eigenvalue weighted by Crippen LogP contribution is -2.32. The zero-order chi connectivity index (χ0) is 13.0. The highest BCUT2D eigenvalue weighted by Crippen LogP contribution is 2.26. The summed E-state index contributed by atoms with van der Waals surface area (Å²) in [6.07, 6.45) is 6.57. The van der Waals surface area contributed by atoms with Gasteiger partial charge in [0.15, 0.2) is 0 Å². The Bertz CT molecular complexity index is 386. The summed E-state index contributed by atoms with van der Waals surface area (Å²) in [7, 11) is 0. The maximum atomic E-state index is 13.1. The van der Waals surface area contributed by atoms with E-state index in [0.717, 1.165) is 18.0 Å². The maximum Gasteiger partial charge on any atom is 0.137 e. The molecule has 0 aliphatic heterocycles. The van der Waals surface area contributed by atoms with Gasteiger partial charge in [0.1, 0.15) is 5.82 Å². The molecule has 0 aromatic heterocycles. The average Bonchev–Trinajstić information content (AvgIpc) is 2.41. The van der Waals surface area contributed by atoms with Crippen LogP contribution < -0.4 is 5.32 Å². The van der Waals surface area contributed by atoms with E-state index in [1.807, 2.05) is 12.1 Å². The molecule has 1 N–H and O–H groups in total. The fourth-order valence-corrected chi connectivity index (χ4v) is 3.11. The van der Waals surface area contributed by atoms with Gasteiger partial charge in [0.2, 0.25) is 0 Å². The predicted octanol–water partition coefficient (Wildman–Crippen LogP) is 4.65. The number of hydrogen-bond acceptors (Lipinski definition) is 1. The summed E-state index contributed by atoms with van der Waals surface area (Å²) in [5.74, 6) is 0.741. The molecule has 3 heteroatoms. The third-order valence-electron chi connectivity index (χ3n) is 4.00. The molecule has 18 heavy (non-hydrogen) atoms. The largest absolute Gasteiger partial charge is 0.310 e. The van der Waals surface area contributed by atoms with E-state index < -0.39 is 0 Å². The first-order chi connectivity index (χ1) is 8.69. The summed E-state index contributed by atoms with van der Waals surface area (Å²) in [5, 5.41) is 3.59. The third kappa shape index (κ3) is 3.79. The average molecular weight is 314 g/mol. The van der Waals surface area contributed by atoms with Crippen molar-refractivity contribution in [2.24, 2.45) is 5.92 Å². The Hall–Kier alpha value is -0.410. The normalized spacial score (nSPS) is 24.2. The molecule has 1 aromatic carbocycles. The van der Waals surface area contributed by atoms with Gasteiger partial charge in [-0.2, -0.15) is 0 Å². The van der Waals surface area contributed by atoms with Gasteiger partial charge in [-0.1, -0.05) is 19.4 Å². The molecule has 0 spiro atoms. The molecule has 2 rings (SSSR count). The van der Waals surface area contributed by atoms with E-state index in [9.17, 15) is 4.39 Å². The Morgan fingerprint density at radius 2 is 2.00 bits per heavy atom. The van der Waals surface area contributed by atoms with Crippen LogP contribution in [-0.4, -0.2) is 6.04 Å². The topological polar surface area (TPSA) is 12.0 Å². The molecule has 0 heterocycles. The number of benzene rings is 1. The number of nitrogens with one attached hydrogen (secondary N) is 1. The first-order valence-electron chi connectivity index (χ1n) is 6.86. The van der Waals surface area contributed by atoms with Crippen molar-refractivity contribution in [2.45, 2.75) is 51.6 Å². The van der Waals surface area contributed by atoms with Crippen LogP contribution in [-0.2, 0) is 6.54 Å². The Morgan fingerprint density at radius 3 is 2.61 bits per heavy atom. The molecule has 1 saturated carbocycles. The lowest BCUT2D eigenvalue weighted by molar-refractivity contribution is 0.285. The molecular weight excluding hydrogens is 293 g/mol. The predicted molar refractivity (Wildman–Crippen MR) is 77.0 cm³/mol. The summed E-state index contributed by atoms with van der Waals surface area (Å²) in [6.45, 7) is 3.12. The van der Waals surface area contributed by atoms with Crippen LogP contribution in [0.4, 0.5) is 4.39 Å². The SMILES string of the molecule is CCC1CCC(NCc2ccc(F)c(Br)c2)CC1. The molecule has 1 aromatic rings. The van der Waals surface area contributed by atoms with E-state index in [1.165, 1.54) is 38.2 Å². The Balaban J connectivity index is 1.79. The van der Waals surface area contributed by atoms with Crippen molar-refractivity contribution < 1.29 is 4.39 Å². The molecule has 100 valence electrons. The van der Waals surface area contributed by atoms with Crippen LogP contribution >= 0.6 is 15.9 Å². The summed E-state index contributed by atoms with van der Waals surface area (Å²) in [6, 6.07) is 5.87. The van der Waals surface area contributed by atoms with Gasteiger partial charge in [-0.05, 0) is 65.2 Å². The van der Waals surface area contributed by atoms with Gasteiger partial charge in [-0.25, -0.2) is 4.39 Å². The van der Waals surface area contributed by atoms with E-state index >= 15 is 0 Å². The quantitative estimate of drug-likeness (QED) is 0.853. The minimum Gasteiger partial charge on any atom is -0.310 e. The van der Waals surface area contributed by atoms with Gasteiger partial charge in [-0.3, -0.25) is 0 Å². The van der Waals surface area contributed by atoms with Crippen molar-refractivity contribution in [3.05, 3.63) is 34.1 Å². The van der Waals surface area contributed by atoms with Crippen molar-refractivity contribution in [3.8, 4) is 0 Å². The lowest BCUT2D eigenvalue weighted by atomic mass is 9.84. The van der Waals surface area contributed by atoms with Crippen molar-refractivity contribution >= 4 is 15.9 Å². The number of rotatable bonds is 4. The fraction of sp³-hybridized carbons (Fsp3) is 0.600. The zero-order valence-corrected chi connectivity index (χ0v) is 12.5. The third-order valence-corrected chi connectivity index (χ3v) is 4.61. The van der Waals surface area contributed by atoms with E-state index in [4.69, 9.17) is 0 Å². The zero-order valence-electron chi connectivity index (χ0n) is 10.9. The second-order valence-corrected chi connectivity index (χ2v) is 6.11. The van der Waals surface area contributed by atoms with Crippen LogP contribution in [0.25, 0.3) is 0 Å². The minimum atomic E-state index is -0.192. The molecule has 0 unspecified atom stereocenters. The minimum absolute atomic E-state index is 0.192. The van der Waals surface area contributed by atoms with Crippen LogP contribution in [0, 0.1) is 11.7 Å². The van der Waals surface area contributed by atoms with Crippen LogP contribution in [0.3, 0.4) is 0 Å². The van der Waals surface area contributed by atoms with Crippen LogP contribution in [0.15, 0.2) is 22.7 Å². The monoisotopic (exact) mass is 313 g/mol. The van der Waals surface area contributed by atoms with E-state index in [1.54, 1.807) is 0 Å². The van der Waals surface area contributed by atoms with Gasteiger partial charge >= 0.3 is 0 Å². The van der Waals surface area contributed by atoms with Crippen LogP contribution in [0.5, 0.6) is 0 Å². The summed E-state index contributed by atoms with van der Waals surface area (Å²) in [4.78, 5) is 0. The molecular formula is C15H21BrFN. The molecule has 0 atom stereocenters. The van der Waals surface area contributed by atoms with Crippen molar-refractivity contribution in [3.63, 3.8) is 0 Å². The first kappa shape index (κ1) is 14.0. The summed E-state index contributed by atoms with van der Waals surface area (Å²) < 4.78 is 13.7. The molecule has 0 saturated heterocycles. The Kier molecular flexibility index (Phi) is 5.19. The Labute approximate surface area is 117 Å². The number of hydrogen-bond donors (Lipinski definition) is 1. The second kappa shape index (κ2) is 6.67. The van der Waals surface area contributed by atoms with Crippen molar-refractivity contribution in [2.75, 3.05) is 0 Å². The molecule has 1 aliphatic rings. The lowest BCUT2D eigenvalue weighted by Gasteiger charge is -2.28. The first-order valence-corrected chi connectivity index (χ1v) is 7.65. The molecule has 1 fully saturated rings. The van der Waals surface area contributed by atoms with E-state index in [2.05, 4.69) is 28.2 Å². The Morgan fingerprint density at radius 1 is 1.28 bits per heavy atom. The van der Waals surface area contributed by atoms with Gasteiger partial charge in [0.05, 0.1) is 4.47 Å². The van der Waals surface area contributed by atoms with Gasteiger partial charge in [0, 0.05) is 12.6 Å². The summed E-state index contributed by atoms with van der Waals surface area (Å²) in [5.41, 5.74) is 1.14. The smallest absolute Gasteiger partial charge is 0.137 e. The second-order valence-electron chi connectivity index (χ2n) is 5.26. The molecule has 0 amide bonds. The molecule has 0 radical (unpaired) electrons. The van der Waals surface area contributed by atoms with Crippen molar-refractivity contribution in [1.29, 1.82) is 0 Å². The maximum absolute atomic E-state index is 13.1. The van der Waals surface area contributed by atoms with Crippen molar-refractivity contribution in [1.82, 2.24) is 5.32 Å². The molecule has 1 aliphatic carbocycles. The van der Waals surface area contributed by atoms with Gasteiger partial charge in [-0.15, -0.1) is 0 Å². The van der Waals surface area contributed by atoms with E-state index in [-0.39, 0.29) is 5.82 Å². The van der Waals surface area contributed by atoms with Gasteiger partial charge in [0.25, 0.3) is 0 Å². The summed E-state index contributed by atoms with van der Waals surface area (Å²) >= 11 is 3.23. The highest BCUT2D eigenvalue weighted by Gasteiger charge is 2.19.